The van der Waals surface area contributed by atoms with E-state index in [2.05, 4.69) is 4.74 Å². The van der Waals surface area contributed by atoms with E-state index in [4.69, 9.17) is 4.74 Å². The van der Waals surface area contributed by atoms with E-state index in [1.807, 2.05) is 0 Å². The van der Waals surface area contributed by atoms with E-state index >= 15 is 0 Å². The average Bonchev–Trinajstić information content (AvgIpc) is 2.67. The van der Waals surface area contributed by atoms with Gasteiger partial charge in [0.05, 0.1) is 7.11 Å². The summed E-state index contributed by atoms with van der Waals surface area (Å²) in [5, 5.41) is 0. The third-order valence-electron chi connectivity index (χ3n) is 4.00. The second kappa shape index (κ2) is 7.65. The molecule has 29 heavy (non-hydrogen) atoms. The molecule has 9 heteroatoms. The molecule has 0 aromatic heterocycles. The monoisotopic (exact) mass is 416 g/mol. The van der Waals surface area contributed by atoms with Gasteiger partial charge in [0, 0.05) is 17.7 Å². The van der Waals surface area contributed by atoms with Gasteiger partial charge in [0.15, 0.2) is 29.1 Å². The number of ether oxygens (including phenoxy) is 2. The Bertz CT molecular complexity index is 1030. The third kappa shape index (κ3) is 3.98. The Hall–Kier alpha value is -3.23. The lowest BCUT2D eigenvalue weighted by Gasteiger charge is -2.20. The Morgan fingerprint density at radius 1 is 0.690 bits per heavy atom. The van der Waals surface area contributed by atoms with E-state index in [1.165, 1.54) is 31.4 Å². The van der Waals surface area contributed by atoms with Crippen molar-refractivity contribution >= 4 is 0 Å². The summed E-state index contributed by atoms with van der Waals surface area (Å²) in [4.78, 5) is 0. The highest BCUT2D eigenvalue weighted by molar-refractivity contribution is 5.65. The minimum absolute atomic E-state index is 0.159. The van der Waals surface area contributed by atoms with E-state index in [0.717, 1.165) is 6.07 Å². The molecule has 0 saturated carbocycles. The molecule has 3 rings (SSSR count). The summed E-state index contributed by atoms with van der Waals surface area (Å²) >= 11 is 0. The molecule has 2 nitrogen and oxygen atoms in total. The summed E-state index contributed by atoms with van der Waals surface area (Å²) in [5.41, 5.74) is -1.61. The van der Waals surface area contributed by atoms with Gasteiger partial charge in [-0.25, -0.2) is 22.0 Å². The second-order valence-electron chi connectivity index (χ2n) is 5.84. The quantitative estimate of drug-likeness (QED) is 0.365. The normalized spacial score (nSPS) is 11.4. The number of methoxy groups -OCH3 is 1. The number of benzene rings is 3. The van der Waals surface area contributed by atoms with Crippen molar-refractivity contribution in [2.45, 2.75) is 6.11 Å². The van der Waals surface area contributed by atoms with Gasteiger partial charge < -0.3 is 9.47 Å². The zero-order chi connectivity index (χ0) is 21.3. The van der Waals surface area contributed by atoms with Crippen LogP contribution in [0.4, 0.5) is 30.7 Å². The van der Waals surface area contributed by atoms with Crippen LogP contribution in [0.1, 0.15) is 5.56 Å². The zero-order valence-corrected chi connectivity index (χ0v) is 14.6. The zero-order valence-electron chi connectivity index (χ0n) is 14.6. The number of rotatable bonds is 5. The van der Waals surface area contributed by atoms with Crippen LogP contribution in [-0.4, -0.2) is 7.11 Å². The Labute approximate surface area is 160 Å². The highest BCUT2D eigenvalue weighted by Crippen LogP contribution is 2.37. The largest absolute Gasteiger partial charge is 0.497 e. The van der Waals surface area contributed by atoms with Crippen LogP contribution in [0.25, 0.3) is 11.1 Å². The molecule has 0 aliphatic heterocycles. The molecular weight excluding hydrogens is 405 g/mol. The Kier molecular flexibility index (Phi) is 5.41. The third-order valence-corrected chi connectivity index (χ3v) is 4.00. The molecule has 3 aromatic rings. The lowest BCUT2D eigenvalue weighted by molar-refractivity contribution is -0.187. The van der Waals surface area contributed by atoms with E-state index in [-0.39, 0.29) is 23.3 Å². The molecule has 0 atom stereocenters. The number of hydrogen-bond donors (Lipinski definition) is 0. The fraction of sp³-hybridized carbons (Fsp3) is 0.100. The first-order valence-electron chi connectivity index (χ1n) is 7.98. The van der Waals surface area contributed by atoms with Gasteiger partial charge in [-0.3, -0.25) is 0 Å². The first-order chi connectivity index (χ1) is 13.6. The fourth-order valence-corrected chi connectivity index (χ4v) is 2.56. The molecule has 0 spiro atoms. The lowest BCUT2D eigenvalue weighted by Crippen LogP contribution is -2.24. The van der Waals surface area contributed by atoms with Crippen LogP contribution >= 0.6 is 0 Å². The van der Waals surface area contributed by atoms with E-state index in [1.54, 1.807) is 0 Å². The van der Waals surface area contributed by atoms with Crippen LogP contribution in [0, 0.1) is 29.1 Å². The summed E-state index contributed by atoms with van der Waals surface area (Å²) in [6, 6.07) is 7.53. The van der Waals surface area contributed by atoms with Gasteiger partial charge in [0.2, 0.25) is 0 Å². The maximum Gasteiger partial charge on any atom is 0.429 e. The summed E-state index contributed by atoms with van der Waals surface area (Å²) in [6.45, 7) is 0. The predicted octanol–water partition coefficient (Wildman–Crippen LogP) is 6.19. The van der Waals surface area contributed by atoms with Crippen molar-refractivity contribution in [3.05, 3.63) is 83.2 Å². The molecule has 152 valence electrons. The highest BCUT2D eigenvalue weighted by Gasteiger charge is 2.39. The molecular formula is C20H11F7O2. The first-order valence-corrected chi connectivity index (χ1v) is 7.98. The fourth-order valence-electron chi connectivity index (χ4n) is 2.56. The lowest BCUT2D eigenvalue weighted by atomic mass is 10.0. The molecule has 0 aliphatic rings. The van der Waals surface area contributed by atoms with Crippen LogP contribution in [0.15, 0.2) is 48.5 Å². The number of halogens is 7. The van der Waals surface area contributed by atoms with Crippen molar-refractivity contribution in [3.63, 3.8) is 0 Å². The molecule has 0 heterocycles. The van der Waals surface area contributed by atoms with Gasteiger partial charge in [-0.05, 0) is 23.8 Å². The SMILES string of the molecule is COc1ccc(-c2ccc(C(F)(F)Oc3cc(F)c(F)c(F)c3)c(F)c2F)cc1. The highest BCUT2D eigenvalue weighted by atomic mass is 19.3. The molecule has 0 fully saturated rings. The summed E-state index contributed by atoms with van der Waals surface area (Å²) in [6.07, 6.45) is -4.50. The minimum Gasteiger partial charge on any atom is -0.497 e. The van der Waals surface area contributed by atoms with Gasteiger partial charge >= 0.3 is 6.11 Å². The molecule has 0 saturated heterocycles. The maximum atomic E-state index is 14.4. The van der Waals surface area contributed by atoms with Gasteiger partial charge in [-0.15, -0.1) is 0 Å². The van der Waals surface area contributed by atoms with Crippen LogP contribution in [0.2, 0.25) is 0 Å². The average molecular weight is 416 g/mol. The van der Waals surface area contributed by atoms with Crippen LogP contribution in [-0.2, 0) is 6.11 Å². The minimum atomic E-state index is -4.50. The van der Waals surface area contributed by atoms with Gasteiger partial charge in [-0.1, -0.05) is 18.2 Å². The van der Waals surface area contributed by atoms with Gasteiger partial charge in [0.1, 0.15) is 17.1 Å². The maximum absolute atomic E-state index is 14.4. The molecule has 0 bridgehead atoms. The molecule has 0 unspecified atom stereocenters. The van der Waals surface area contributed by atoms with Crippen molar-refractivity contribution in [1.29, 1.82) is 0 Å². The molecule has 0 amide bonds. The van der Waals surface area contributed by atoms with Gasteiger partial charge in [0.25, 0.3) is 0 Å². The van der Waals surface area contributed by atoms with Crippen molar-refractivity contribution in [1.82, 2.24) is 0 Å². The summed E-state index contributed by atoms with van der Waals surface area (Å²) < 4.78 is 106. The van der Waals surface area contributed by atoms with E-state index in [9.17, 15) is 30.7 Å². The topological polar surface area (TPSA) is 18.5 Å². The van der Waals surface area contributed by atoms with Crippen LogP contribution in [0.5, 0.6) is 11.5 Å². The van der Waals surface area contributed by atoms with E-state index < -0.39 is 46.5 Å². The standard InChI is InChI=1S/C20H11F7O2/c1-28-11-4-2-10(3-5-11)13-6-7-14(18(24)17(13)23)20(26,27)29-12-8-15(21)19(25)16(22)9-12/h2-9H,1H3. The smallest absolute Gasteiger partial charge is 0.429 e. The first kappa shape index (κ1) is 20.5. The molecule has 0 radical (unpaired) electrons. The molecule has 0 aliphatic carbocycles. The molecule has 0 N–H and O–H groups in total. The summed E-state index contributed by atoms with van der Waals surface area (Å²) in [5.74, 6) is -9.59. The predicted molar refractivity (Wildman–Crippen MR) is 89.2 cm³/mol. The van der Waals surface area contributed by atoms with E-state index in [0.29, 0.717) is 11.8 Å². The number of hydrogen-bond acceptors (Lipinski definition) is 2. The Morgan fingerprint density at radius 2 is 1.28 bits per heavy atom. The van der Waals surface area contributed by atoms with Crippen LogP contribution < -0.4 is 9.47 Å². The second-order valence-corrected chi connectivity index (χ2v) is 5.84. The number of alkyl halides is 2. The van der Waals surface area contributed by atoms with Crippen molar-refractivity contribution in [2.75, 3.05) is 7.11 Å². The van der Waals surface area contributed by atoms with Crippen molar-refractivity contribution in [2.24, 2.45) is 0 Å². The Morgan fingerprint density at radius 3 is 1.83 bits per heavy atom. The Balaban J connectivity index is 1.96. The molecule has 3 aromatic carbocycles. The van der Waals surface area contributed by atoms with Gasteiger partial charge in [-0.2, -0.15) is 8.78 Å². The van der Waals surface area contributed by atoms with Crippen molar-refractivity contribution < 1.29 is 40.2 Å². The summed E-state index contributed by atoms with van der Waals surface area (Å²) in [7, 11) is 1.41. The van der Waals surface area contributed by atoms with Crippen LogP contribution in [0.3, 0.4) is 0 Å². The van der Waals surface area contributed by atoms with Crippen molar-refractivity contribution in [3.8, 4) is 22.6 Å².